The molecule has 3 heterocycles. The lowest BCUT2D eigenvalue weighted by Gasteiger charge is -2.19. The minimum absolute atomic E-state index is 0.250. The summed E-state index contributed by atoms with van der Waals surface area (Å²) in [6.45, 7) is 3.13. The van der Waals surface area contributed by atoms with Crippen LogP contribution in [0.3, 0.4) is 0 Å². The molecule has 5 heteroatoms. The maximum Gasteiger partial charge on any atom is 0.307 e. The summed E-state index contributed by atoms with van der Waals surface area (Å²) in [7, 11) is 2.16. The van der Waals surface area contributed by atoms with Gasteiger partial charge < -0.3 is 14.6 Å². The van der Waals surface area contributed by atoms with Gasteiger partial charge in [-0.05, 0) is 38.8 Å². The molecule has 2 aliphatic rings. The number of fused-ring (bicyclic) bond motifs is 1. The molecule has 0 saturated carbocycles. The molecule has 1 aromatic heterocycles. The third-order valence-corrected chi connectivity index (χ3v) is 4.39. The summed E-state index contributed by atoms with van der Waals surface area (Å²) in [5.41, 5.74) is 1.14. The number of aromatic nitrogens is 2. The van der Waals surface area contributed by atoms with Crippen molar-refractivity contribution in [2.75, 3.05) is 20.1 Å². The first kappa shape index (κ1) is 12.7. The first-order chi connectivity index (χ1) is 9.11. The minimum atomic E-state index is -0.687. The molecule has 1 N–H and O–H groups in total. The number of imidazole rings is 1. The number of aryl methyl sites for hydroxylation is 1. The average Bonchev–Trinajstić information content (AvgIpc) is 2.94. The second-order valence-electron chi connectivity index (χ2n) is 5.99. The van der Waals surface area contributed by atoms with E-state index in [-0.39, 0.29) is 5.92 Å². The van der Waals surface area contributed by atoms with Crippen LogP contribution in [0.25, 0.3) is 0 Å². The molecule has 19 heavy (non-hydrogen) atoms. The van der Waals surface area contributed by atoms with Crippen molar-refractivity contribution in [3.8, 4) is 0 Å². The Bertz CT molecular complexity index is 483. The largest absolute Gasteiger partial charge is 0.481 e. The highest BCUT2D eigenvalue weighted by Crippen LogP contribution is 2.23. The predicted molar refractivity (Wildman–Crippen MR) is 71.0 cm³/mol. The standard InChI is InChI=1S/C14H21N3O2/c1-16-4-2-10(8-16)6-12-9-17-5-3-11(14(18)19)7-13(17)15-12/h9-11H,2-8H2,1H3,(H,18,19). The molecule has 3 rings (SSSR count). The Hall–Kier alpha value is -1.36. The molecule has 1 aromatic rings. The van der Waals surface area contributed by atoms with E-state index in [1.807, 2.05) is 0 Å². The molecule has 0 aromatic carbocycles. The van der Waals surface area contributed by atoms with Gasteiger partial charge >= 0.3 is 5.97 Å². The smallest absolute Gasteiger partial charge is 0.307 e. The molecule has 1 saturated heterocycles. The maximum atomic E-state index is 11.0. The molecule has 5 nitrogen and oxygen atoms in total. The molecule has 0 aliphatic carbocycles. The van der Waals surface area contributed by atoms with Gasteiger partial charge in [-0.2, -0.15) is 0 Å². The zero-order valence-electron chi connectivity index (χ0n) is 11.4. The molecule has 0 radical (unpaired) electrons. The molecular weight excluding hydrogens is 242 g/mol. The third-order valence-electron chi connectivity index (χ3n) is 4.39. The predicted octanol–water partition coefficient (Wildman–Crippen LogP) is 1.02. The normalized spacial score (nSPS) is 27.4. The quantitative estimate of drug-likeness (QED) is 0.884. The lowest BCUT2D eigenvalue weighted by Crippen LogP contribution is -2.25. The number of aliphatic carboxylic acids is 1. The van der Waals surface area contributed by atoms with Gasteiger partial charge in [-0.15, -0.1) is 0 Å². The van der Waals surface area contributed by atoms with Crippen LogP contribution in [-0.2, 0) is 24.2 Å². The number of carbonyl (C=O) groups is 1. The molecule has 0 bridgehead atoms. The van der Waals surface area contributed by atoms with Gasteiger partial charge in [-0.3, -0.25) is 4.79 Å². The summed E-state index contributed by atoms with van der Waals surface area (Å²) < 4.78 is 2.15. The van der Waals surface area contributed by atoms with Crippen molar-refractivity contribution >= 4 is 5.97 Å². The second kappa shape index (κ2) is 4.96. The highest BCUT2D eigenvalue weighted by atomic mass is 16.4. The summed E-state index contributed by atoms with van der Waals surface area (Å²) in [6, 6.07) is 0. The van der Waals surface area contributed by atoms with Crippen molar-refractivity contribution in [3.63, 3.8) is 0 Å². The first-order valence-electron chi connectivity index (χ1n) is 7.08. The monoisotopic (exact) mass is 263 g/mol. The van der Waals surface area contributed by atoms with E-state index in [1.165, 1.54) is 13.0 Å². The van der Waals surface area contributed by atoms with Gasteiger partial charge in [0.1, 0.15) is 5.82 Å². The fourth-order valence-electron chi connectivity index (χ4n) is 3.28. The van der Waals surface area contributed by atoms with Crippen molar-refractivity contribution in [2.45, 2.75) is 32.2 Å². The summed E-state index contributed by atoms with van der Waals surface area (Å²) in [5, 5.41) is 9.09. The Morgan fingerprint density at radius 3 is 3.00 bits per heavy atom. The van der Waals surface area contributed by atoms with Gasteiger partial charge in [0.05, 0.1) is 11.6 Å². The van der Waals surface area contributed by atoms with E-state index < -0.39 is 5.97 Å². The van der Waals surface area contributed by atoms with Crippen molar-refractivity contribution in [1.29, 1.82) is 0 Å². The molecule has 1 fully saturated rings. The molecule has 104 valence electrons. The summed E-state index contributed by atoms with van der Waals surface area (Å²) in [6.07, 6.45) is 5.72. The number of likely N-dealkylation sites (tertiary alicyclic amines) is 1. The van der Waals surface area contributed by atoms with Crippen LogP contribution in [0.5, 0.6) is 0 Å². The summed E-state index contributed by atoms with van der Waals surface area (Å²) in [5.74, 6) is 0.728. The van der Waals surface area contributed by atoms with Crippen molar-refractivity contribution < 1.29 is 9.90 Å². The van der Waals surface area contributed by atoms with Gasteiger partial charge in [0.15, 0.2) is 0 Å². The molecular formula is C14H21N3O2. The Labute approximate surface area is 113 Å². The van der Waals surface area contributed by atoms with Crippen LogP contribution < -0.4 is 0 Å². The van der Waals surface area contributed by atoms with E-state index in [9.17, 15) is 4.79 Å². The molecule has 0 amide bonds. The fraction of sp³-hybridized carbons (Fsp3) is 0.714. The van der Waals surface area contributed by atoms with Crippen LogP contribution in [0.15, 0.2) is 6.20 Å². The van der Waals surface area contributed by atoms with E-state index >= 15 is 0 Å². The molecule has 2 unspecified atom stereocenters. The third kappa shape index (κ3) is 2.66. The fourth-order valence-corrected chi connectivity index (χ4v) is 3.28. The topological polar surface area (TPSA) is 58.4 Å². The Kier molecular flexibility index (Phi) is 3.31. The average molecular weight is 263 g/mol. The highest BCUT2D eigenvalue weighted by Gasteiger charge is 2.27. The van der Waals surface area contributed by atoms with Crippen LogP contribution in [-0.4, -0.2) is 45.7 Å². The van der Waals surface area contributed by atoms with E-state index in [1.54, 1.807) is 0 Å². The van der Waals surface area contributed by atoms with Crippen LogP contribution >= 0.6 is 0 Å². The number of hydrogen-bond donors (Lipinski definition) is 1. The zero-order valence-corrected chi connectivity index (χ0v) is 11.4. The number of carboxylic acids is 1. The van der Waals surface area contributed by atoms with Crippen molar-refractivity contribution in [2.24, 2.45) is 11.8 Å². The highest BCUT2D eigenvalue weighted by molar-refractivity contribution is 5.70. The van der Waals surface area contributed by atoms with Crippen molar-refractivity contribution in [3.05, 3.63) is 17.7 Å². The minimum Gasteiger partial charge on any atom is -0.481 e. The summed E-state index contributed by atoms with van der Waals surface area (Å²) in [4.78, 5) is 18.1. The Balaban J connectivity index is 1.67. The van der Waals surface area contributed by atoms with E-state index in [0.717, 1.165) is 37.4 Å². The summed E-state index contributed by atoms with van der Waals surface area (Å²) >= 11 is 0. The molecule has 2 aliphatic heterocycles. The van der Waals surface area contributed by atoms with E-state index in [4.69, 9.17) is 5.11 Å². The van der Waals surface area contributed by atoms with E-state index in [0.29, 0.717) is 12.3 Å². The maximum absolute atomic E-state index is 11.0. The van der Waals surface area contributed by atoms with Crippen LogP contribution in [0.4, 0.5) is 0 Å². The number of hydrogen-bond acceptors (Lipinski definition) is 3. The lowest BCUT2D eigenvalue weighted by atomic mass is 9.98. The lowest BCUT2D eigenvalue weighted by molar-refractivity contribution is -0.142. The van der Waals surface area contributed by atoms with Gasteiger partial charge in [0.2, 0.25) is 0 Å². The number of rotatable bonds is 3. The van der Waals surface area contributed by atoms with Gasteiger partial charge in [-0.1, -0.05) is 0 Å². The van der Waals surface area contributed by atoms with Gasteiger partial charge in [0.25, 0.3) is 0 Å². The van der Waals surface area contributed by atoms with Crippen LogP contribution in [0, 0.1) is 11.8 Å². The second-order valence-corrected chi connectivity index (χ2v) is 5.99. The number of nitrogens with zero attached hydrogens (tertiary/aromatic N) is 3. The van der Waals surface area contributed by atoms with Crippen LogP contribution in [0.1, 0.15) is 24.4 Å². The van der Waals surface area contributed by atoms with Crippen LogP contribution in [0.2, 0.25) is 0 Å². The zero-order chi connectivity index (χ0) is 13.4. The van der Waals surface area contributed by atoms with Crippen molar-refractivity contribution in [1.82, 2.24) is 14.5 Å². The SMILES string of the molecule is CN1CCC(Cc2cn3c(n2)CC(C(=O)O)CC3)C1. The Morgan fingerprint density at radius 1 is 1.47 bits per heavy atom. The number of carboxylic acid groups (broad SMARTS) is 1. The Morgan fingerprint density at radius 2 is 2.32 bits per heavy atom. The van der Waals surface area contributed by atoms with Gasteiger partial charge in [-0.25, -0.2) is 4.98 Å². The van der Waals surface area contributed by atoms with Gasteiger partial charge in [0, 0.05) is 25.7 Å². The molecule has 0 spiro atoms. The first-order valence-corrected chi connectivity index (χ1v) is 7.08. The van der Waals surface area contributed by atoms with E-state index in [2.05, 4.69) is 27.7 Å². The molecule has 2 atom stereocenters.